The summed E-state index contributed by atoms with van der Waals surface area (Å²) in [5.41, 5.74) is 6.45. The van der Waals surface area contributed by atoms with Crippen LogP contribution < -0.4 is 11.1 Å². The van der Waals surface area contributed by atoms with Gasteiger partial charge in [0.05, 0.1) is 6.04 Å². The number of nitrogens with zero attached hydrogens (tertiary/aromatic N) is 2. The van der Waals surface area contributed by atoms with Crippen LogP contribution in [0.4, 0.5) is 0 Å². The van der Waals surface area contributed by atoms with Crippen molar-refractivity contribution in [3.05, 3.63) is 36.0 Å². The predicted octanol–water partition coefficient (Wildman–Crippen LogP) is -0.291. The van der Waals surface area contributed by atoms with Gasteiger partial charge in [-0.05, 0) is 24.1 Å². The standard InChI is InChI=1S/C13H16N4O4/c14-9(5-8-1-2-10(18)11(19)6-8)13(20)15-4-3-12-16-7-17-21-12/h1-2,6-7,9,18-19H,3-5,14H2,(H,15,20)/t9-/m0/s1. The van der Waals surface area contributed by atoms with Gasteiger partial charge in [-0.3, -0.25) is 4.79 Å². The summed E-state index contributed by atoms with van der Waals surface area (Å²) in [4.78, 5) is 15.6. The molecule has 1 aromatic heterocycles. The van der Waals surface area contributed by atoms with Crippen molar-refractivity contribution in [2.24, 2.45) is 5.73 Å². The zero-order chi connectivity index (χ0) is 15.2. The van der Waals surface area contributed by atoms with Crippen molar-refractivity contribution < 1.29 is 19.5 Å². The Balaban J connectivity index is 1.80. The molecule has 0 radical (unpaired) electrons. The van der Waals surface area contributed by atoms with E-state index < -0.39 is 6.04 Å². The van der Waals surface area contributed by atoms with Crippen LogP contribution in [0.25, 0.3) is 0 Å². The van der Waals surface area contributed by atoms with Crippen molar-refractivity contribution in [1.29, 1.82) is 0 Å². The van der Waals surface area contributed by atoms with Crippen LogP contribution in [0.3, 0.4) is 0 Å². The highest BCUT2D eigenvalue weighted by Gasteiger charge is 2.14. The van der Waals surface area contributed by atoms with Gasteiger partial charge in [0, 0.05) is 13.0 Å². The lowest BCUT2D eigenvalue weighted by atomic mass is 10.1. The maximum atomic E-state index is 11.8. The zero-order valence-corrected chi connectivity index (χ0v) is 11.2. The van der Waals surface area contributed by atoms with Gasteiger partial charge in [-0.15, -0.1) is 0 Å². The number of aromatic hydroxyl groups is 2. The molecule has 0 saturated heterocycles. The summed E-state index contributed by atoms with van der Waals surface area (Å²) in [6.07, 6.45) is 1.97. The van der Waals surface area contributed by atoms with Gasteiger partial charge in [0.15, 0.2) is 17.8 Å². The fourth-order valence-corrected chi connectivity index (χ4v) is 1.77. The molecule has 8 nitrogen and oxygen atoms in total. The topological polar surface area (TPSA) is 134 Å². The average Bonchev–Trinajstić information content (AvgIpc) is 2.96. The van der Waals surface area contributed by atoms with Crippen LogP contribution in [0.2, 0.25) is 0 Å². The molecule has 1 atom stereocenters. The van der Waals surface area contributed by atoms with Crippen LogP contribution in [-0.2, 0) is 17.6 Å². The lowest BCUT2D eigenvalue weighted by molar-refractivity contribution is -0.122. The molecule has 1 aromatic carbocycles. The highest BCUT2D eigenvalue weighted by atomic mass is 16.5. The van der Waals surface area contributed by atoms with Gasteiger partial charge in [-0.1, -0.05) is 11.2 Å². The van der Waals surface area contributed by atoms with E-state index in [1.807, 2.05) is 0 Å². The minimum atomic E-state index is -0.753. The molecule has 2 rings (SSSR count). The van der Waals surface area contributed by atoms with E-state index >= 15 is 0 Å². The molecule has 2 aromatic rings. The van der Waals surface area contributed by atoms with Gasteiger partial charge >= 0.3 is 0 Å². The molecule has 0 saturated carbocycles. The molecule has 21 heavy (non-hydrogen) atoms. The molecule has 112 valence electrons. The van der Waals surface area contributed by atoms with Gasteiger partial charge in [0.25, 0.3) is 0 Å². The normalized spacial score (nSPS) is 12.0. The van der Waals surface area contributed by atoms with Crippen LogP contribution in [0.15, 0.2) is 29.0 Å². The number of amides is 1. The van der Waals surface area contributed by atoms with Crippen LogP contribution in [0.1, 0.15) is 11.5 Å². The molecule has 5 N–H and O–H groups in total. The van der Waals surface area contributed by atoms with E-state index in [4.69, 9.17) is 10.3 Å². The van der Waals surface area contributed by atoms with Crippen molar-refractivity contribution in [1.82, 2.24) is 15.5 Å². The van der Waals surface area contributed by atoms with Gasteiger partial charge < -0.3 is 25.8 Å². The van der Waals surface area contributed by atoms with Crippen LogP contribution in [-0.4, -0.2) is 38.8 Å². The third-order valence-corrected chi connectivity index (χ3v) is 2.88. The van der Waals surface area contributed by atoms with E-state index in [-0.39, 0.29) is 23.8 Å². The number of phenolic OH excluding ortho intramolecular Hbond substituents is 2. The third-order valence-electron chi connectivity index (χ3n) is 2.88. The van der Waals surface area contributed by atoms with Crippen molar-refractivity contribution in [2.45, 2.75) is 18.9 Å². The number of carbonyl (C=O) groups excluding carboxylic acids is 1. The second kappa shape index (κ2) is 6.71. The number of nitrogens with one attached hydrogen (secondary N) is 1. The number of hydrogen-bond donors (Lipinski definition) is 4. The molecule has 0 fully saturated rings. The largest absolute Gasteiger partial charge is 0.504 e. The van der Waals surface area contributed by atoms with Gasteiger partial charge in [0.2, 0.25) is 11.8 Å². The minimum absolute atomic E-state index is 0.212. The SMILES string of the molecule is N[C@@H](Cc1ccc(O)c(O)c1)C(=O)NCCc1ncno1. The number of benzene rings is 1. The Morgan fingerprint density at radius 2 is 2.19 bits per heavy atom. The van der Waals surface area contributed by atoms with E-state index in [1.165, 1.54) is 18.5 Å². The zero-order valence-electron chi connectivity index (χ0n) is 11.2. The van der Waals surface area contributed by atoms with Crippen LogP contribution in [0, 0.1) is 0 Å². The number of phenols is 2. The molecule has 0 aliphatic rings. The Labute approximate surface area is 120 Å². The van der Waals surface area contributed by atoms with Crippen molar-refractivity contribution in [2.75, 3.05) is 6.54 Å². The lowest BCUT2D eigenvalue weighted by Crippen LogP contribution is -2.42. The van der Waals surface area contributed by atoms with Gasteiger partial charge in [0.1, 0.15) is 0 Å². The summed E-state index contributed by atoms with van der Waals surface area (Å²) in [6.45, 7) is 0.343. The Kier molecular flexibility index (Phi) is 4.72. The average molecular weight is 292 g/mol. The quantitative estimate of drug-likeness (QED) is 0.537. The van der Waals surface area contributed by atoms with E-state index in [1.54, 1.807) is 6.07 Å². The molecule has 0 aliphatic carbocycles. The van der Waals surface area contributed by atoms with Crippen LogP contribution in [0.5, 0.6) is 11.5 Å². The molecular weight excluding hydrogens is 276 g/mol. The highest BCUT2D eigenvalue weighted by molar-refractivity contribution is 5.81. The highest BCUT2D eigenvalue weighted by Crippen LogP contribution is 2.25. The van der Waals surface area contributed by atoms with Crippen molar-refractivity contribution in [3.63, 3.8) is 0 Å². The number of rotatable bonds is 6. The molecule has 8 heteroatoms. The summed E-state index contributed by atoms with van der Waals surface area (Å²) in [5.74, 6) is -0.331. The summed E-state index contributed by atoms with van der Waals surface area (Å²) in [6, 6.07) is 3.57. The summed E-state index contributed by atoms with van der Waals surface area (Å²) in [5, 5.41) is 24.7. The van der Waals surface area contributed by atoms with E-state index in [0.717, 1.165) is 0 Å². The number of nitrogens with two attached hydrogens (primary N) is 1. The molecule has 0 spiro atoms. The fraction of sp³-hybridized carbons (Fsp3) is 0.308. The third kappa shape index (κ3) is 4.18. The minimum Gasteiger partial charge on any atom is -0.504 e. The van der Waals surface area contributed by atoms with E-state index in [0.29, 0.717) is 24.4 Å². The first-order chi connectivity index (χ1) is 10.1. The molecule has 0 bridgehead atoms. The second-order valence-corrected chi connectivity index (χ2v) is 4.51. The number of carbonyl (C=O) groups is 1. The molecule has 0 aliphatic heterocycles. The predicted molar refractivity (Wildman–Crippen MR) is 72.5 cm³/mol. The Hall–Kier alpha value is -2.61. The summed E-state index contributed by atoms with van der Waals surface area (Å²) in [7, 11) is 0. The van der Waals surface area contributed by atoms with Gasteiger partial charge in [-0.2, -0.15) is 4.98 Å². The summed E-state index contributed by atoms with van der Waals surface area (Å²) >= 11 is 0. The van der Waals surface area contributed by atoms with E-state index in [9.17, 15) is 15.0 Å². The Bertz CT molecular complexity index is 600. The van der Waals surface area contributed by atoms with Crippen LogP contribution >= 0.6 is 0 Å². The Morgan fingerprint density at radius 1 is 1.38 bits per heavy atom. The Morgan fingerprint density at radius 3 is 2.86 bits per heavy atom. The number of hydrogen-bond acceptors (Lipinski definition) is 7. The monoisotopic (exact) mass is 292 g/mol. The molecular formula is C13H16N4O4. The maximum Gasteiger partial charge on any atom is 0.237 e. The maximum absolute atomic E-state index is 11.8. The fourth-order valence-electron chi connectivity index (χ4n) is 1.77. The first kappa shape index (κ1) is 14.8. The van der Waals surface area contributed by atoms with Crippen molar-refractivity contribution >= 4 is 5.91 Å². The number of aromatic nitrogens is 2. The van der Waals surface area contributed by atoms with Gasteiger partial charge in [-0.25, -0.2) is 0 Å². The second-order valence-electron chi connectivity index (χ2n) is 4.51. The molecule has 0 unspecified atom stereocenters. The van der Waals surface area contributed by atoms with E-state index in [2.05, 4.69) is 15.5 Å². The molecule has 1 amide bonds. The first-order valence-corrected chi connectivity index (χ1v) is 6.36. The smallest absolute Gasteiger partial charge is 0.237 e. The first-order valence-electron chi connectivity index (χ1n) is 6.36. The van der Waals surface area contributed by atoms with Crippen molar-refractivity contribution in [3.8, 4) is 11.5 Å². The summed E-state index contributed by atoms with van der Waals surface area (Å²) < 4.78 is 4.80. The lowest BCUT2D eigenvalue weighted by Gasteiger charge is -2.12. The molecule has 1 heterocycles.